The molecule has 0 saturated carbocycles. The highest BCUT2D eigenvalue weighted by Crippen LogP contribution is 2.42. The van der Waals surface area contributed by atoms with Crippen LogP contribution in [0.4, 0.5) is 5.69 Å². The first-order valence-corrected chi connectivity index (χ1v) is 13.3. The van der Waals surface area contributed by atoms with Gasteiger partial charge in [0.15, 0.2) is 10.5 Å². The Morgan fingerprint density at radius 3 is 2.50 bits per heavy atom. The molecule has 1 heterocycles. The van der Waals surface area contributed by atoms with Gasteiger partial charge in [-0.15, -0.1) is 0 Å². The number of unbranched alkanes of at least 4 members (excludes halogenated alkanes) is 1. The largest absolute Gasteiger partial charge is 0.508 e. The van der Waals surface area contributed by atoms with Crippen molar-refractivity contribution in [1.82, 2.24) is 5.32 Å². The second-order valence-corrected chi connectivity index (χ2v) is 9.94. The topological polar surface area (TPSA) is 130 Å². The normalized spacial score (nSPS) is 11.3. The number of fused-ring (bicyclic) bond motifs is 2. The molecule has 1 aliphatic carbocycles. The summed E-state index contributed by atoms with van der Waals surface area (Å²) < 4.78 is 16.4. The van der Waals surface area contributed by atoms with Crippen molar-refractivity contribution in [2.45, 2.75) is 19.3 Å². The molecule has 0 radical (unpaired) electrons. The van der Waals surface area contributed by atoms with E-state index in [9.17, 15) is 19.8 Å². The Kier molecular flexibility index (Phi) is 9.70. The number of methoxy groups -OCH3 is 2. The van der Waals surface area contributed by atoms with Gasteiger partial charge in [0, 0.05) is 61.0 Å². The summed E-state index contributed by atoms with van der Waals surface area (Å²) in [6, 6.07) is 13.8. The highest BCUT2D eigenvalue weighted by Gasteiger charge is 2.22. The number of carboxylic acids is 1. The van der Waals surface area contributed by atoms with E-state index in [2.05, 4.69) is 10.6 Å². The first kappa shape index (κ1) is 29.0. The average molecular weight is 565 g/mol. The molecule has 2 aromatic carbocycles. The van der Waals surface area contributed by atoms with E-state index in [1.165, 1.54) is 30.3 Å². The summed E-state index contributed by atoms with van der Waals surface area (Å²) in [4.78, 5) is 24.3. The molecule has 0 fully saturated rings. The summed E-state index contributed by atoms with van der Waals surface area (Å²) in [5.74, 6) is -0.485. The van der Waals surface area contributed by atoms with Gasteiger partial charge in [0.2, 0.25) is 0 Å². The number of carbonyl (C=O) groups is 1. The number of aromatic carboxylic acids is 1. The molecule has 0 amide bonds. The predicted octanol–water partition coefficient (Wildman–Crippen LogP) is 5.33. The Hall–Kier alpha value is -3.99. The summed E-state index contributed by atoms with van der Waals surface area (Å²) in [7, 11) is 3.38. The van der Waals surface area contributed by atoms with Crippen LogP contribution in [-0.2, 0) is 9.47 Å². The van der Waals surface area contributed by atoms with Crippen molar-refractivity contribution in [2.24, 2.45) is 5.92 Å². The maximum Gasteiger partial charge on any atom is 0.336 e. The van der Waals surface area contributed by atoms with E-state index in [0.717, 1.165) is 19.3 Å². The first-order chi connectivity index (χ1) is 19.3. The van der Waals surface area contributed by atoms with Crippen molar-refractivity contribution in [2.75, 3.05) is 39.3 Å². The fourth-order valence-electron chi connectivity index (χ4n) is 4.79. The van der Waals surface area contributed by atoms with Crippen LogP contribution in [0.3, 0.4) is 0 Å². The number of phenolic OH excluding ortho intramolecular Hbond substituents is 1. The lowest BCUT2D eigenvalue weighted by atomic mass is 9.90. The number of hydrogen-bond acceptors (Lipinski definition) is 7. The van der Waals surface area contributed by atoms with Gasteiger partial charge in [0.25, 0.3) is 0 Å². The summed E-state index contributed by atoms with van der Waals surface area (Å²) in [5, 5.41) is 27.4. The van der Waals surface area contributed by atoms with Gasteiger partial charge < -0.3 is 34.7 Å². The lowest BCUT2D eigenvalue weighted by Gasteiger charge is -2.18. The molecular formula is C30H32N2O7S. The Bertz CT molecular complexity index is 1530. The van der Waals surface area contributed by atoms with Gasteiger partial charge in [-0.2, -0.15) is 0 Å². The number of anilines is 1. The molecule has 0 bridgehead atoms. The number of thiocarbonyl (C=S) groups is 1. The minimum absolute atomic E-state index is 0.0157. The molecule has 10 heteroatoms. The quantitative estimate of drug-likeness (QED) is 0.102. The molecule has 0 saturated heterocycles. The number of nitrogens with one attached hydrogen (secondary N) is 2. The molecule has 0 unspecified atom stereocenters. The molecule has 4 N–H and O–H groups in total. The van der Waals surface area contributed by atoms with Gasteiger partial charge >= 0.3 is 5.97 Å². The molecule has 9 nitrogen and oxygen atoms in total. The number of benzene rings is 3. The summed E-state index contributed by atoms with van der Waals surface area (Å²) >= 11 is 5.49. The fraction of sp³-hybridized carbons (Fsp3) is 0.300. The molecule has 210 valence electrons. The maximum atomic E-state index is 12.3. The van der Waals surface area contributed by atoms with Crippen molar-refractivity contribution >= 4 is 40.0 Å². The maximum absolute atomic E-state index is 12.3. The second kappa shape index (κ2) is 13.4. The molecule has 0 aromatic heterocycles. The molecular weight excluding hydrogens is 532 g/mol. The first-order valence-electron chi connectivity index (χ1n) is 12.9. The SMILES string of the molecule is COCC(CCCCNC(=S)Nc1ccc(C(=O)O)c(-c2c3ccc(=O)cc-3oc3cc(O)ccc23)c1)COC. The summed E-state index contributed by atoms with van der Waals surface area (Å²) in [6.45, 7) is 2.00. The number of hydrogen-bond donors (Lipinski definition) is 4. The molecule has 0 spiro atoms. The second-order valence-electron chi connectivity index (χ2n) is 9.53. The van der Waals surface area contributed by atoms with Gasteiger partial charge in [-0.1, -0.05) is 6.42 Å². The highest BCUT2D eigenvalue weighted by molar-refractivity contribution is 7.80. The van der Waals surface area contributed by atoms with Crippen LogP contribution >= 0.6 is 12.2 Å². The van der Waals surface area contributed by atoms with Crippen molar-refractivity contribution in [3.8, 4) is 28.2 Å². The Labute approximate surface area is 237 Å². The molecule has 40 heavy (non-hydrogen) atoms. The fourth-order valence-corrected chi connectivity index (χ4v) is 5.01. The smallest absolute Gasteiger partial charge is 0.336 e. The monoisotopic (exact) mass is 564 g/mol. The Balaban J connectivity index is 1.58. The van der Waals surface area contributed by atoms with Crippen LogP contribution in [0.2, 0.25) is 0 Å². The zero-order valence-corrected chi connectivity index (χ0v) is 23.2. The van der Waals surface area contributed by atoms with Crippen LogP contribution < -0.4 is 16.1 Å². The van der Waals surface area contributed by atoms with E-state index >= 15 is 0 Å². The van der Waals surface area contributed by atoms with Crippen LogP contribution in [0.15, 0.2) is 63.8 Å². The zero-order chi connectivity index (χ0) is 28.6. The molecule has 0 atom stereocenters. The van der Waals surface area contributed by atoms with E-state index in [1.807, 2.05) is 0 Å². The van der Waals surface area contributed by atoms with Crippen LogP contribution in [0.5, 0.6) is 5.75 Å². The third-order valence-electron chi connectivity index (χ3n) is 6.58. The van der Waals surface area contributed by atoms with E-state index in [4.69, 9.17) is 26.1 Å². The minimum Gasteiger partial charge on any atom is -0.508 e. The Morgan fingerprint density at radius 1 is 1.00 bits per heavy atom. The lowest BCUT2D eigenvalue weighted by molar-refractivity contribution is 0.0697. The van der Waals surface area contributed by atoms with Gasteiger partial charge in [-0.25, -0.2) is 4.79 Å². The van der Waals surface area contributed by atoms with Crippen molar-refractivity contribution in [3.05, 3.63) is 70.4 Å². The van der Waals surface area contributed by atoms with Crippen LogP contribution in [0.25, 0.3) is 33.4 Å². The molecule has 2 aromatic rings. The molecule has 4 rings (SSSR count). The zero-order valence-electron chi connectivity index (χ0n) is 22.4. The third-order valence-corrected chi connectivity index (χ3v) is 6.83. The number of aromatic hydroxyl groups is 1. The standard InChI is InChI=1S/C30H32N2O7S/c1-37-16-18(17-38-2)5-3-4-12-31-30(40)32-19-6-9-22(29(35)36)25(13-19)28-23-10-7-20(33)14-26(23)39-27-15-21(34)8-11-24(27)28/h6-11,13-15,18,33H,3-5,12,16-17H2,1-2H3,(H,35,36)(H2,31,32,40). The van der Waals surface area contributed by atoms with Crippen LogP contribution in [0.1, 0.15) is 29.6 Å². The van der Waals surface area contributed by atoms with Crippen LogP contribution in [-0.4, -0.2) is 55.3 Å². The van der Waals surface area contributed by atoms with Crippen molar-refractivity contribution in [1.29, 1.82) is 0 Å². The van der Waals surface area contributed by atoms with Gasteiger partial charge in [0.05, 0.1) is 18.8 Å². The van der Waals surface area contributed by atoms with Crippen molar-refractivity contribution < 1.29 is 28.9 Å². The number of rotatable bonds is 12. The lowest BCUT2D eigenvalue weighted by Crippen LogP contribution is -2.29. The van der Waals surface area contributed by atoms with Gasteiger partial charge in [0.1, 0.15) is 17.1 Å². The molecule has 2 aliphatic rings. The third kappa shape index (κ3) is 6.95. The minimum atomic E-state index is -1.11. The van der Waals surface area contributed by atoms with E-state index < -0.39 is 5.97 Å². The van der Waals surface area contributed by atoms with Gasteiger partial charge in [-0.05, 0) is 73.1 Å². The predicted molar refractivity (Wildman–Crippen MR) is 158 cm³/mol. The van der Waals surface area contributed by atoms with Crippen LogP contribution in [0, 0.1) is 5.92 Å². The number of ether oxygens (including phenoxy) is 2. The van der Waals surface area contributed by atoms with E-state index in [-0.39, 0.29) is 22.5 Å². The number of carboxylic acid groups (broad SMARTS) is 1. The summed E-state index contributed by atoms with van der Waals surface area (Å²) in [6.07, 6.45) is 2.89. The van der Waals surface area contributed by atoms with Gasteiger partial charge in [-0.3, -0.25) is 4.79 Å². The molecule has 1 aliphatic heterocycles. The Morgan fingerprint density at radius 2 is 1.77 bits per heavy atom. The highest BCUT2D eigenvalue weighted by atomic mass is 32.1. The average Bonchev–Trinajstić information content (AvgIpc) is 2.91. The van der Waals surface area contributed by atoms with E-state index in [0.29, 0.717) is 64.1 Å². The summed E-state index contributed by atoms with van der Waals surface area (Å²) in [5.41, 5.74) is 2.28. The number of phenols is 1. The van der Waals surface area contributed by atoms with E-state index in [1.54, 1.807) is 38.5 Å². The van der Waals surface area contributed by atoms with Crippen molar-refractivity contribution in [3.63, 3.8) is 0 Å².